The number of carbonyl (C=O) groups is 1. The molecule has 1 saturated heterocycles. The van der Waals surface area contributed by atoms with Crippen molar-refractivity contribution in [2.24, 2.45) is 0 Å². The van der Waals surface area contributed by atoms with Crippen molar-refractivity contribution >= 4 is 34.2 Å². The number of carbonyl (C=O) groups excluding carboxylic acids is 1. The van der Waals surface area contributed by atoms with Crippen LogP contribution in [-0.2, 0) is 15.8 Å². The van der Waals surface area contributed by atoms with Gasteiger partial charge in [-0.05, 0) is 40.8 Å². The SMILES string of the molecule is O=C1CCON1c1ccc(I)cc1C(F)(F)F. The van der Waals surface area contributed by atoms with E-state index in [0.717, 1.165) is 11.1 Å². The van der Waals surface area contributed by atoms with Crippen LogP contribution in [0.25, 0.3) is 0 Å². The first-order chi connectivity index (χ1) is 7.89. The molecule has 7 heteroatoms. The monoisotopic (exact) mass is 357 g/mol. The van der Waals surface area contributed by atoms with Gasteiger partial charge in [-0.15, -0.1) is 0 Å². The van der Waals surface area contributed by atoms with Gasteiger partial charge in [0.15, 0.2) is 0 Å². The van der Waals surface area contributed by atoms with Crippen molar-refractivity contribution in [1.29, 1.82) is 0 Å². The fourth-order valence-electron chi connectivity index (χ4n) is 1.51. The highest BCUT2D eigenvalue weighted by Gasteiger charge is 2.38. The molecule has 0 spiro atoms. The van der Waals surface area contributed by atoms with Gasteiger partial charge in [-0.1, -0.05) is 0 Å². The molecule has 17 heavy (non-hydrogen) atoms. The Balaban J connectivity index is 2.50. The summed E-state index contributed by atoms with van der Waals surface area (Å²) in [7, 11) is 0. The van der Waals surface area contributed by atoms with Crippen LogP contribution in [0.3, 0.4) is 0 Å². The minimum Gasteiger partial charge on any atom is -0.272 e. The molecule has 1 fully saturated rings. The molecule has 2 rings (SSSR count). The molecule has 1 aliphatic rings. The molecule has 0 radical (unpaired) electrons. The van der Waals surface area contributed by atoms with Crippen molar-refractivity contribution in [2.75, 3.05) is 11.7 Å². The minimum atomic E-state index is -4.51. The zero-order valence-electron chi connectivity index (χ0n) is 8.42. The van der Waals surface area contributed by atoms with Gasteiger partial charge in [0.2, 0.25) is 0 Å². The minimum absolute atomic E-state index is 0.100. The highest BCUT2D eigenvalue weighted by Crippen LogP contribution is 2.38. The first kappa shape index (κ1) is 12.6. The highest BCUT2D eigenvalue weighted by atomic mass is 127. The molecule has 0 unspecified atom stereocenters. The number of nitrogens with zero attached hydrogens (tertiary/aromatic N) is 1. The third kappa shape index (κ3) is 2.54. The molecule has 0 N–H and O–H groups in total. The van der Waals surface area contributed by atoms with Crippen LogP contribution >= 0.6 is 22.6 Å². The van der Waals surface area contributed by atoms with Crippen LogP contribution < -0.4 is 5.06 Å². The van der Waals surface area contributed by atoms with Gasteiger partial charge in [0, 0.05) is 3.57 Å². The van der Waals surface area contributed by atoms with E-state index in [1.54, 1.807) is 22.6 Å². The fraction of sp³-hybridized carbons (Fsp3) is 0.300. The second-order valence-corrected chi connectivity index (χ2v) is 4.68. The molecule has 0 aromatic heterocycles. The van der Waals surface area contributed by atoms with Gasteiger partial charge in [0.25, 0.3) is 5.91 Å². The average Bonchev–Trinajstić information content (AvgIpc) is 2.63. The molecule has 0 bridgehead atoms. The molecule has 1 aromatic carbocycles. The lowest BCUT2D eigenvalue weighted by Crippen LogP contribution is -2.25. The standard InChI is InChI=1S/C10H7F3INO2/c11-10(12,13)7-5-6(14)1-2-8(7)15-9(16)3-4-17-15/h1-2,5H,3-4H2. The number of alkyl halides is 3. The van der Waals surface area contributed by atoms with E-state index < -0.39 is 17.6 Å². The Bertz CT molecular complexity index is 461. The molecule has 1 aromatic rings. The first-order valence-electron chi connectivity index (χ1n) is 4.72. The molecule has 0 saturated carbocycles. The second-order valence-electron chi connectivity index (χ2n) is 3.43. The van der Waals surface area contributed by atoms with E-state index in [-0.39, 0.29) is 18.7 Å². The van der Waals surface area contributed by atoms with Gasteiger partial charge in [-0.3, -0.25) is 9.63 Å². The van der Waals surface area contributed by atoms with Gasteiger partial charge >= 0.3 is 6.18 Å². The topological polar surface area (TPSA) is 29.5 Å². The van der Waals surface area contributed by atoms with Gasteiger partial charge in [-0.2, -0.15) is 18.2 Å². The Morgan fingerprint density at radius 3 is 2.59 bits per heavy atom. The Hall–Kier alpha value is -0.830. The van der Waals surface area contributed by atoms with E-state index in [4.69, 9.17) is 4.84 Å². The number of rotatable bonds is 1. The predicted molar refractivity (Wildman–Crippen MR) is 62.2 cm³/mol. The van der Waals surface area contributed by atoms with Gasteiger partial charge in [0.1, 0.15) is 0 Å². The first-order valence-corrected chi connectivity index (χ1v) is 5.80. The summed E-state index contributed by atoms with van der Waals surface area (Å²) in [6.07, 6.45) is -4.41. The average molecular weight is 357 g/mol. The van der Waals surface area contributed by atoms with Crippen LogP contribution in [0, 0.1) is 3.57 Å². The molecular formula is C10H7F3INO2. The molecular weight excluding hydrogens is 350 g/mol. The summed E-state index contributed by atoms with van der Waals surface area (Å²) in [5, 5.41) is 0.721. The summed E-state index contributed by atoms with van der Waals surface area (Å²) < 4.78 is 38.9. The lowest BCUT2D eigenvalue weighted by molar-refractivity contribution is -0.137. The van der Waals surface area contributed by atoms with Crippen LogP contribution in [-0.4, -0.2) is 12.5 Å². The van der Waals surface area contributed by atoms with Crippen LogP contribution in [0.4, 0.5) is 18.9 Å². The van der Waals surface area contributed by atoms with E-state index in [9.17, 15) is 18.0 Å². The molecule has 0 aliphatic carbocycles. The number of hydrogen-bond acceptors (Lipinski definition) is 2. The lowest BCUT2D eigenvalue weighted by atomic mass is 10.1. The third-order valence-electron chi connectivity index (χ3n) is 2.25. The quantitative estimate of drug-likeness (QED) is 0.724. The van der Waals surface area contributed by atoms with Crippen molar-refractivity contribution in [3.05, 3.63) is 27.3 Å². The molecule has 3 nitrogen and oxygen atoms in total. The van der Waals surface area contributed by atoms with Gasteiger partial charge in [0.05, 0.1) is 24.3 Å². The maximum Gasteiger partial charge on any atom is 0.418 e. The number of halogens is 4. The van der Waals surface area contributed by atoms with Crippen LogP contribution in [0.5, 0.6) is 0 Å². The zero-order valence-corrected chi connectivity index (χ0v) is 10.6. The third-order valence-corrected chi connectivity index (χ3v) is 2.92. The highest BCUT2D eigenvalue weighted by molar-refractivity contribution is 14.1. The van der Waals surface area contributed by atoms with Crippen LogP contribution in [0.1, 0.15) is 12.0 Å². The Kier molecular flexibility index (Phi) is 3.30. The molecule has 1 aliphatic heterocycles. The van der Waals surface area contributed by atoms with E-state index in [0.29, 0.717) is 3.57 Å². The summed E-state index contributed by atoms with van der Waals surface area (Å²) in [6.45, 7) is 0.113. The molecule has 1 heterocycles. The number of benzene rings is 1. The number of hydrogen-bond donors (Lipinski definition) is 0. The smallest absolute Gasteiger partial charge is 0.272 e. The largest absolute Gasteiger partial charge is 0.418 e. The normalized spacial score (nSPS) is 16.7. The summed E-state index contributed by atoms with van der Waals surface area (Å²) in [5.41, 5.74) is -1.11. The van der Waals surface area contributed by atoms with E-state index >= 15 is 0 Å². The summed E-state index contributed by atoms with van der Waals surface area (Å²) in [6, 6.07) is 3.73. The van der Waals surface area contributed by atoms with Crippen molar-refractivity contribution in [3.63, 3.8) is 0 Å². The van der Waals surface area contributed by atoms with E-state index in [2.05, 4.69) is 0 Å². The Morgan fingerprint density at radius 1 is 1.35 bits per heavy atom. The maximum absolute atomic E-state index is 12.8. The summed E-state index contributed by atoms with van der Waals surface area (Å²) >= 11 is 1.79. The van der Waals surface area contributed by atoms with Crippen molar-refractivity contribution < 1.29 is 22.8 Å². The fourth-order valence-corrected chi connectivity index (χ4v) is 2.01. The van der Waals surface area contributed by atoms with Crippen molar-refractivity contribution in [2.45, 2.75) is 12.6 Å². The Labute approximate surface area is 109 Å². The van der Waals surface area contributed by atoms with Gasteiger partial charge in [-0.25, -0.2) is 0 Å². The van der Waals surface area contributed by atoms with Crippen LogP contribution in [0.15, 0.2) is 18.2 Å². The second kappa shape index (κ2) is 4.45. The number of anilines is 1. The van der Waals surface area contributed by atoms with Gasteiger partial charge < -0.3 is 0 Å². The summed E-state index contributed by atoms with van der Waals surface area (Å²) in [4.78, 5) is 16.3. The molecule has 1 amide bonds. The van der Waals surface area contributed by atoms with Crippen molar-refractivity contribution in [1.82, 2.24) is 0 Å². The Morgan fingerprint density at radius 2 is 2.06 bits per heavy atom. The van der Waals surface area contributed by atoms with E-state index in [1.165, 1.54) is 12.1 Å². The van der Waals surface area contributed by atoms with Crippen LogP contribution in [0.2, 0.25) is 0 Å². The zero-order chi connectivity index (χ0) is 12.6. The maximum atomic E-state index is 12.8. The number of hydroxylamine groups is 1. The molecule has 92 valence electrons. The van der Waals surface area contributed by atoms with Crippen molar-refractivity contribution in [3.8, 4) is 0 Å². The molecule has 0 atom stereocenters. The summed E-state index contributed by atoms with van der Waals surface area (Å²) in [5.74, 6) is -0.461. The number of amides is 1. The predicted octanol–water partition coefficient (Wildman–Crippen LogP) is 2.98. The lowest BCUT2D eigenvalue weighted by Gasteiger charge is -2.19. The van der Waals surface area contributed by atoms with E-state index in [1.807, 2.05) is 0 Å².